The second kappa shape index (κ2) is 9.62. The van der Waals surface area contributed by atoms with Crippen molar-refractivity contribution in [3.8, 4) is 11.5 Å². The highest BCUT2D eigenvalue weighted by Gasteiger charge is 2.16. The van der Waals surface area contributed by atoms with Gasteiger partial charge in [0, 0.05) is 32.3 Å². The van der Waals surface area contributed by atoms with Gasteiger partial charge in [0.1, 0.15) is 0 Å². The quantitative estimate of drug-likeness (QED) is 0.657. The first-order valence-corrected chi connectivity index (χ1v) is 9.74. The summed E-state index contributed by atoms with van der Waals surface area (Å²) in [6.45, 7) is 9.92. The summed E-state index contributed by atoms with van der Waals surface area (Å²) in [4.78, 5) is 14.4. The zero-order valence-electron chi connectivity index (χ0n) is 18.2. The minimum atomic E-state index is 0.116. The van der Waals surface area contributed by atoms with E-state index in [1.807, 2.05) is 32.2 Å². The SMILES string of the molecule is COc1ccc(CN(C)C(=O)CCc2c(C)nn(CC(C)C)c2C)cc1OC. The van der Waals surface area contributed by atoms with Crippen LogP contribution in [-0.2, 0) is 24.3 Å². The van der Waals surface area contributed by atoms with Crippen molar-refractivity contribution in [2.75, 3.05) is 21.3 Å². The van der Waals surface area contributed by atoms with Crippen molar-refractivity contribution < 1.29 is 14.3 Å². The van der Waals surface area contributed by atoms with E-state index in [2.05, 4.69) is 30.6 Å². The number of rotatable bonds is 9. The molecule has 0 spiro atoms. The molecule has 154 valence electrons. The van der Waals surface area contributed by atoms with Gasteiger partial charge in [-0.25, -0.2) is 0 Å². The van der Waals surface area contributed by atoms with E-state index >= 15 is 0 Å². The number of methoxy groups -OCH3 is 2. The lowest BCUT2D eigenvalue weighted by molar-refractivity contribution is -0.130. The van der Waals surface area contributed by atoms with E-state index in [0.29, 0.717) is 36.8 Å². The molecular weight excluding hydrogens is 354 g/mol. The fourth-order valence-corrected chi connectivity index (χ4v) is 3.38. The van der Waals surface area contributed by atoms with E-state index in [1.165, 1.54) is 11.3 Å². The second-order valence-electron chi connectivity index (χ2n) is 7.66. The van der Waals surface area contributed by atoms with Crippen LogP contribution < -0.4 is 9.47 Å². The zero-order valence-corrected chi connectivity index (χ0v) is 18.2. The molecule has 0 bridgehead atoms. The van der Waals surface area contributed by atoms with E-state index in [0.717, 1.165) is 17.8 Å². The van der Waals surface area contributed by atoms with Crippen LogP contribution in [0.3, 0.4) is 0 Å². The molecule has 0 aliphatic heterocycles. The van der Waals surface area contributed by atoms with Gasteiger partial charge in [0.2, 0.25) is 5.91 Å². The first-order valence-electron chi connectivity index (χ1n) is 9.74. The molecule has 2 rings (SSSR count). The van der Waals surface area contributed by atoms with E-state index in [1.54, 1.807) is 19.1 Å². The molecule has 6 heteroatoms. The summed E-state index contributed by atoms with van der Waals surface area (Å²) in [7, 11) is 5.06. The molecule has 1 heterocycles. The third kappa shape index (κ3) is 5.27. The molecule has 2 aromatic rings. The van der Waals surface area contributed by atoms with Crippen molar-refractivity contribution in [3.05, 3.63) is 40.7 Å². The highest BCUT2D eigenvalue weighted by molar-refractivity contribution is 5.76. The lowest BCUT2D eigenvalue weighted by atomic mass is 10.1. The van der Waals surface area contributed by atoms with Crippen molar-refractivity contribution in [1.82, 2.24) is 14.7 Å². The van der Waals surface area contributed by atoms with Crippen molar-refractivity contribution in [3.63, 3.8) is 0 Å². The van der Waals surface area contributed by atoms with Gasteiger partial charge < -0.3 is 14.4 Å². The molecule has 1 amide bonds. The average Bonchev–Trinajstić information content (AvgIpc) is 2.91. The number of aryl methyl sites for hydroxylation is 1. The van der Waals surface area contributed by atoms with Crippen LogP contribution in [0.4, 0.5) is 0 Å². The molecule has 0 saturated heterocycles. The molecule has 0 atom stereocenters. The zero-order chi connectivity index (χ0) is 20.8. The number of carbonyl (C=O) groups excluding carboxylic acids is 1. The van der Waals surface area contributed by atoms with Gasteiger partial charge in [-0.1, -0.05) is 19.9 Å². The van der Waals surface area contributed by atoms with Gasteiger partial charge in [-0.3, -0.25) is 9.48 Å². The van der Waals surface area contributed by atoms with Gasteiger partial charge in [0.05, 0.1) is 19.9 Å². The fraction of sp³-hybridized carbons (Fsp3) is 0.545. The maximum atomic E-state index is 12.6. The van der Waals surface area contributed by atoms with Gasteiger partial charge in [-0.05, 0) is 49.4 Å². The Labute approximate surface area is 168 Å². The van der Waals surface area contributed by atoms with Crippen LogP contribution in [-0.4, -0.2) is 41.9 Å². The number of hydrogen-bond donors (Lipinski definition) is 0. The maximum absolute atomic E-state index is 12.6. The lowest BCUT2D eigenvalue weighted by Crippen LogP contribution is -2.26. The van der Waals surface area contributed by atoms with Crippen molar-refractivity contribution in [1.29, 1.82) is 0 Å². The first kappa shape index (κ1) is 21.8. The molecule has 0 fully saturated rings. The number of hydrogen-bond acceptors (Lipinski definition) is 4. The van der Waals surface area contributed by atoms with E-state index in [-0.39, 0.29) is 5.91 Å². The normalized spacial score (nSPS) is 11.0. The molecule has 6 nitrogen and oxygen atoms in total. The predicted octanol–water partition coefficient (Wildman–Crippen LogP) is 3.76. The number of ether oxygens (including phenoxy) is 2. The highest BCUT2D eigenvalue weighted by atomic mass is 16.5. The Hall–Kier alpha value is -2.50. The van der Waals surface area contributed by atoms with Gasteiger partial charge in [0.25, 0.3) is 0 Å². The van der Waals surface area contributed by atoms with Crippen molar-refractivity contribution in [2.24, 2.45) is 5.92 Å². The van der Waals surface area contributed by atoms with Gasteiger partial charge in [-0.15, -0.1) is 0 Å². The summed E-state index contributed by atoms with van der Waals surface area (Å²) in [5, 5.41) is 4.64. The van der Waals surface area contributed by atoms with Crippen LogP contribution >= 0.6 is 0 Å². The first-order chi connectivity index (χ1) is 13.3. The summed E-state index contributed by atoms with van der Waals surface area (Å²) in [5.74, 6) is 2.01. The summed E-state index contributed by atoms with van der Waals surface area (Å²) in [6, 6.07) is 5.73. The highest BCUT2D eigenvalue weighted by Crippen LogP contribution is 2.28. The predicted molar refractivity (Wildman–Crippen MR) is 111 cm³/mol. The minimum Gasteiger partial charge on any atom is -0.493 e. The Kier molecular flexibility index (Phi) is 7.49. The molecule has 0 aliphatic carbocycles. The Morgan fingerprint density at radius 3 is 2.46 bits per heavy atom. The Morgan fingerprint density at radius 2 is 1.86 bits per heavy atom. The van der Waals surface area contributed by atoms with E-state index in [4.69, 9.17) is 9.47 Å². The monoisotopic (exact) mass is 387 g/mol. The van der Waals surface area contributed by atoms with Crippen LogP contribution in [0, 0.1) is 19.8 Å². The van der Waals surface area contributed by atoms with Crippen LogP contribution in [0.25, 0.3) is 0 Å². The molecule has 1 aromatic carbocycles. The molecular formula is C22H33N3O3. The van der Waals surface area contributed by atoms with Crippen molar-refractivity contribution in [2.45, 2.75) is 53.6 Å². The molecule has 0 unspecified atom stereocenters. The molecule has 28 heavy (non-hydrogen) atoms. The molecule has 0 saturated carbocycles. The van der Waals surface area contributed by atoms with Crippen LogP contribution in [0.5, 0.6) is 11.5 Å². The van der Waals surface area contributed by atoms with Crippen LogP contribution in [0.15, 0.2) is 18.2 Å². The third-order valence-corrected chi connectivity index (χ3v) is 4.95. The standard InChI is InChI=1S/C22H33N3O3/c1-15(2)13-25-17(4)19(16(3)23-25)9-11-22(26)24(5)14-18-8-10-20(27-6)21(12-18)28-7/h8,10,12,15H,9,11,13-14H2,1-7H3. The Balaban J connectivity index is 1.99. The fourth-order valence-electron chi connectivity index (χ4n) is 3.38. The summed E-state index contributed by atoms with van der Waals surface area (Å²) in [6.07, 6.45) is 1.18. The molecule has 0 radical (unpaired) electrons. The van der Waals surface area contributed by atoms with Crippen LogP contribution in [0.2, 0.25) is 0 Å². The third-order valence-electron chi connectivity index (χ3n) is 4.95. The molecule has 1 aromatic heterocycles. The number of nitrogens with zero attached hydrogens (tertiary/aromatic N) is 3. The number of benzene rings is 1. The molecule has 0 N–H and O–H groups in total. The van der Waals surface area contributed by atoms with Gasteiger partial charge >= 0.3 is 0 Å². The van der Waals surface area contributed by atoms with E-state index in [9.17, 15) is 4.79 Å². The summed E-state index contributed by atoms with van der Waals surface area (Å²) in [5.41, 5.74) is 4.38. The maximum Gasteiger partial charge on any atom is 0.222 e. The van der Waals surface area contributed by atoms with Gasteiger partial charge in [0.15, 0.2) is 11.5 Å². The average molecular weight is 388 g/mol. The van der Waals surface area contributed by atoms with Crippen LogP contribution in [0.1, 0.15) is 42.8 Å². The lowest BCUT2D eigenvalue weighted by Gasteiger charge is -2.18. The smallest absolute Gasteiger partial charge is 0.222 e. The number of aromatic nitrogens is 2. The van der Waals surface area contributed by atoms with Gasteiger partial charge in [-0.2, -0.15) is 5.10 Å². The summed E-state index contributed by atoms with van der Waals surface area (Å²) >= 11 is 0. The topological polar surface area (TPSA) is 56.6 Å². The largest absolute Gasteiger partial charge is 0.493 e. The Morgan fingerprint density at radius 1 is 1.18 bits per heavy atom. The van der Waals surface area contributed by atoms with Crippen molar-refractivity contribution >= 4 is 5.91 Å². The second-order valence-corrected chi connectivity index (χ2v) is 7.66. The summed E-state index contributed by atoms with van der Waals surface area (Å²) < 4.78 is 12.7. The number of amides is 1. The Bertz CT molecular complexity index is 812. The number of carbonyl (C=O) groups is 1. The van der Waals surface area contributed by atoms with E-state index < -0.39 is 0 Å². The molecule has 0 aliphatic rings. The minimum absolute atomic E-state index is 0.116.